The average molecular weight is 472 g/mol. The summed E-state index contributed by atoms with van der Waals surface area (Å²) in [6.07, 6.45) is 0.745. The maximum absolute atomic E-state index is 13.3. The van der Waals surface area contributed by atoms with Gasteiger partial charge in [-0.05, 0) is 41.3 Å². The van der Waals surface area contributed by atoms with Gasteiger partial charge in [-0.1, -0.05) is 49.4 Å². The predicted octanol–water partition coefficient (Wildman–Crippen LogP) is 3.61. The highest BCUT2D eigenvalue weighted by Gasteiger charge is 2.30. The van der Waals surface area contributed by atoms with E-state index in [0.29, 0.717) is 36.0 Å². The quantitative estimate of drug-likeness (QED) is 0.423. The highest BCUT2D eigenvalue weighted by Crippen LogP contribution is 2.33. The number of carbonyl (C=O) groups is 1. The summed E-state index contributed by atoms with van der Waals surface area (Å²) in [5, 5.41) is 9.87. The number of amides is 1. The van der Waals surface area contributed by atoms with Crippen LogP contribution < -0.4 is 10.4 Å². The van der Waals surface area contributed by atoms with E-state index in [9.17, 15) is 13.2 Å². The van der Waals surface area contributed by atoms with Crippen LogP contribution in [0.4, 0.5) is 5.00 Å². The normalized spacial score (nSPS) is 15.0. The number of thiophene rings is 1. The predicted molar refractivity (Wildman–Crippen MR) is 126 cm³/mol. The Bertz CT molecular complexity index is 1200. The maximum Gasteiger partial charge on any atom is 0.284 e. The number of carbonyl (C=O) groups excluding carboxylic acids is 1. The minimum Gasteiger partial charge on any atom is -0.361 e. The molecule has 1 aliphatic heterocycles. The summed E-state index contributed by atoms with van der Waals surface area (Å²) in [4.78, 5) is 14.6. The fraction of sp³-hybridized carbons (Fsp3) is 0.261. The first-order valence-electron chi connectivity index (χ1n) is 10.4. The molecule has 1 amide bonds. The zero-order chi connectivity index (χ0) is 22.7. The molecule has 1 saturated heterocycles. The molecule has 0 aliphatic carbocycles. The van der Waals surface area contributed by atoms with Gasteiger partial charge in [0.15, 0.2) is 0 Å². The van der Waals surface area contributed by atoms with E-state index >= 15 is 0 Å². The second-order valence-corrected chi connectivity index (χ2v) is 10.5. The van der Waals surface area contributed by atoms with Crippen molar-refractivity contribution >= 4 is 32.3 Å². The van der Waals surface area contributed by atoms with Crippen LogP contribution in [0.15, 0.2) is 65.6 Å². The lowest BCUT2D eigenvalue weighted by Gasteiger charge is -2.35. The molecule has 0 radical (unpaired) electrons. The topological polar surface area (TPSA) is 89.9 Å². The summed E-state index contributed by atoms with van der Waals surface area (Å²) >= 11 is 1.31. The van der Waals surface area contributed by atoms with Crippen molar-refractivity contribution in [2.75, 3.05) is 31.1 Å². The van der Waals surface area contributed by atoms with Crippen molar-refractivity contribution in [3.8, 4) is 11.1 Å². The van der Waals surface area contributed by atoms with Crippen LogP contribution in [-0.4, -0.2) is 50.0 Å². The number of hydroxylamine groups is 1. The minimum absolute atomic E-state index is 0.291. The highest BCUT2D eigenvalue weighted by molar-refractivity contribution is 7.89. The molecule has 0 spiro atoms. The molecule has 3 aromatic rings. The number of anilines is 1. The number of benzene rings is 2. The van der Waals surface area contributed by atoms with Crippen molar-refractivity contribution in [3.05, 3.63) is 71.1 Å². The molecular weight excluding hydrogens is 446 g/mol. The summed E-state index contributed by atoms with van der Waals surface area (Å²) in [7, 11) is -3.61. The van der Waals surface area contributed by atoms with Crippen molar-refractivity contribution in [3.63, 3.8) is 0 Å². The van der Waals surface area contributed by atoms with Crippen molar-refractivity contribution in [2.24, 2.45) is 0 Å². The largest absolute Gasteiger partial charge is 0.361 e. The zero-order valence-corrected chi connectivity index (χ0v) is 19.3. The molecule has 0 saturated carbocycles. The third-order valence-corrected chi connectivity index (χ3v) is 8.73. The molecule has 168 valence electrons. The van der Waals surface area contributed by atoms with Crippen molar-refractivity contribution in [1.82, 2.24) is 9.79 Å². The lowest BCUT2D eigenvalue weighted by Crippen LogP contribution is -2.48. The van der Waals surface area contributed by atoms with Gasteiger partial charge in [-0.2, -0.15) is 4.31 Å². The summed E-state index contributed by atoms with van der Waals surface area (Å²) in [5.74, 6) is -0.532. The molecule has 2 heterocycles. The molecule has 1 aliphatic rings. The summed E-state index contributed by atoms with van der Waals surface area (Å²) < 4.78 is 28.1. The van der Waals surface area contributed by atoms with E-state index in [1.165, 1.54) is 15.6 Å². The van der Waals surface area contributed by atoms with Crippen LogP contribution in [0.5, 0.6) is 0 Å². The first-order chi connectivity index (χ1) is 15.4. The Morgan fingerprint density at radius 1 is 1.00 bits per heavy atom. The fourth-order valence-electron chi connectivity index (χ4n) is 3.85. The molecule has 0 atom stereocenters. The van der Waals surface area contributed by atoms with E-state index in [2.05, 4.69) is 4.90 Å². The van der Waals surface area contributed by atoms with Crippen LogP contribution >= 0.6 is 11.3 Å². The lowest BCUT2D eigenvalue weighted by molar-refractivity contribution is 0.0711. The van der Waals surface area contributed by atoms with E-state index in [1.54, 1.807) is 29.7 Å². The van der Waals surface area contributed by atoms with E-state index < -0.39 is 15.9 Å². The summed E-state index contributed by atoms with van der Waals surface area (Å²) in [6, 6.07) is 18.6. The summed E-state index contributed by atoms with van der Waals surface area (Å²) in [5.41, 5.74) is 4.53. The van der Waals surface area contributed by atoms with Gasteiger partial charge in [0.2, 0.25) is 10.0 Å². The van der Waals surface area contributed by atoms with Crippen LogP contribution in [-0.2, 0) is 16.4 Å². The molecule has 0 unspecified atom stereocenters. The standard InChI is InChI=1S/C23H25N3O4S2/c1-2-17-16-21(22(27)24-28)31-23(17)25-11-13-26(14-12-25)32(29,30)20-10-6-9-19(15-20)18-7-4-3-5-8-18/h3-10,15-16,28H,2,11-14H2,1H3,(H,24,27). The zero-order valence-electron chi connectivity index (χ0n) is 17.7. The Morgan fingerprint density at radius 2 is 1.69 bits per heavy atom. The average Bonchev–Trinajstić information content (AvgIpc) is 3.29. The maximum atomic E-state index is 13.3. The molecule has 2 N–H and O–H groups in total. The Kier molecular flexibility index (Phi) is 6.61. The van der Waals surface area contributed by atoms with E-state index in [4.69, 9.17) is 5.21 Å². The summed E-state index contributed by atoms with van der Waals surface area (Å²) in [6.45, 7) is 3.80. The van der Waals surface area contributed by atoms with Gasteiger partial charge in [0.25, 0.3) is 5.91 Å². The SMILES string of the molecule is CCc1cc(C(=O)NO)sc1N1CCN(S(=O)(=O)c2cccc(-c3ccccc3)c2)CC1. The molecule has 0 bridgehead atoms. The fourth-order valence-corrected chi connectivity index (χ4v) is 6.52. The van der Waals surface area contributed by atoms with Crippen molar-refractivity contribution in [1.29, 1.82) is 0 Å². The minimum atomic E-state index is -3.61. The monoisotopic (exact) mass is 471 g/mol. The number of sulfonamides is 1. The van der Waals surface area contributed by atoms with Gasteiger partial charge in [0, 0.05) is 26.2 Å². The molecule has 4 rings (SSSR count). The Balaban J connectivity index is 1.51. The third-order valence-electron chi connectivity index (χ3n) is 5.60. The number of hydrogen-bond acceptors (Lipinski definition) is 6. The number of nitrogens with one attached hydrogen (secondary N) is 1. The Hall–Kier alpha value is -2.72. The van der Waals surface area contributed by atoms with Crippen LogP contribution in [0.25, 0.3) is 11.1 Å². The molecule has 9 heteroatoms. The number of aryl methyl sites for hydroxylation is 1. The molecule has 32 heavy (non-hydrogen) atoms. The molecule has 2 aromatic carbocycles. The molecule has 1 aromatic heterocycles. The van der Waals surface area contributed by atoms with Crippen LogP contribution in [0.2, 0.25) is 0 Å². The highest BCUT2D eigenvalue weighted by atomic mass is 32.2. The Morgan fingerprint density at radius 3 is 2.34 bits per heavy atom. The molecular formula is C23H25N3O4S2. The van der Waals surface area contributed by atoms with Gasteiger partial charge in [-0.15, -0.1) is 11.3 Å². The smallest absolute Gasteiger partial charge is 0.284 e. The molecule has 7 nitrogen and oxygen atoms in total. The van der Waals surface area contributed by atoms with Gasteiger partial charge in [0.05, 0.1) is 14.8 Å². The molecule has 1 fully saturated rings. The Labute approximate surface area is 191 Å². The second-order valence-electron chi connectivity index (χ2n) is 7.52. The number of nitrogens with zero attached hydrogens (tertiary/aromatic N) is 2. The van der Waals surface area contributed by atoms with E-state index in [1.807, 2.05) is 43.3 Å². The van der Waals surface area contributed by atoms with E-state index in [-0.39, 0.29) is 0 Å². The van der Waals surface area contributed by atoms with Crippen LogP contribution in [0.3, 0.4) is 0 Å². The van der Waals surface area contributed by atoms with Gasteiger partial charge >= 0.3 is 0 Å². The van der Waals surface area contributed by atoms with E-state index in [0.717, 1.165) is 28.1 Å². The van der Waals surface area contributed by atoms with Gasteiger partial charge in [-0.3, -0.25) is 10.0 Å². The second kappa shape index (κ2) is 9.41. The van der Waals surface area contributed by atoms with Crippen LogP contribution in [0.1, 0.15) is 22.2 Å². The number of rotatable bonds is 6. The van der Waals surface area contributed by atoms with Gasteiger partial charge in [-0.25, -0.2) is 13.9 Å². The first kappa shape index (κ1) is 22.5. The van der Waals surface area contributed by atoms with Gasteiger partial charge in [0.1, 0.15) is 0 Å². The lowest BCUT2D eigenvalue weighted by atomic mass is 10.1. The van der Waals surface area contributed by atoms with Crippen molar-refractivity contribution in [2.45, 2.75) is 18.2 Å². The first-order valence-corrected chi connectivity index (χ1v) is 12.7. The number of hydrogen-bond donors (Lipinski definition) is 2. The van der Waals surface area contributed by atoms with Gasteiger partial charge < -0.3 is 4.90 Å². The third kappa shape index (κ3) is 4.42. The van der Waals surface area contributed by atoms with Crippen LogP contribution in [0, 0.1) is 0 Å². The number of piperazine rings is 1. The van der Waals surface area contributed by atoms with Crippen molar-refractivity contribution < 1.29 is 18.4 Å².